The lowest BCUT2D eigenvalue weighted by atomic mass is 10.2. The molecule has 170 valence electrons. The van der Waals surface area contributed by atoms with Gasteiger partial charge in [0.1, 0.15) is 40.5 Å². The highest BCUT2D eigenvalue weighted by Crippen LogP contribution is 2.27. The molecule has 5 rings (SSSR count). The molecule has 0 bridgehead atoms. The minimum absolute atomic E-state index is 0.0411. The standard InChI is InChI=1S/C25H18N2O5S2/c28-23-22(34-25(33)27-23)12-18-8-9-19(32-18)14-31-24(29)21-10-16-6-7-17(11-20(16)26-21)30-13-15-4-2-1-3-5-15/h1-12,26H,13-14H2,(H,27,28,33)/b22-12-. The monoisotopic (exact) mass is 490 g/mol. The van der Waals surface area contributed by atoms with Crippen molar-refractivity contribution in [2.45, 2.75) is 13.2 Å². The van der Waals surface area contributed by atoms with Crippen LogP contribution in [0.3, 0.4) is 0 Å². The Morgan fingerprint density at radius 2 is 1.91 bits per heavy atom. The summed E-state index contributed by atoms with van der Waals surface area (Å²) in [6, 6.07) is 20.6. The van der Waals surface area contributed by atoms with Gasteiger partial charge in [0, 0.05) is 23.0 Å². The fraction of sp³-hybridized carbons (Fsp3) is 0.0800. The van der Waals surface area contributed by atoms with Crippen LogP contribution in [0.2, 0.25) is 0 Å². The summed E-state index contributed by atoms with van der Waals surface area (Å²) < 4.78 is 17.3. The van der Waals surface area contributed by atoms with Crippen molar-refractivity contribution >= 4 is 57.2 Å². The SMILES string of the molecule is O=C1NC(=S)S/C1=C\c1ccc(COC(=O)c2cc3ccc(OCc4ccccc4)cc3[nH]2)o1. The minimum atomic E-state index is -0.504. The molecule has 0 aliphatic carbocycles. The Bertz CT molecular complexity index is 1420. The third kappa shape index (κ3) is 5.05. The quantitative estimate of drug-likeness (QED) is 0.209. The van der Waals surface area contributed by atoms with E-state index in [1.807, 2.05) is 48.5 Å². The molecule has 1 fully saturated rings. The number of fused-ring (bicyclic) bond motifs is 1. The van der Waals surface area contributed by atoms with Crippen molar-refractivity contribution in [1.29, 1.82) is 0 Å². The molecule has 0 radical (unpaired) electrons. The number of hydrogen-bond donors (Lipinski definition) is 2. The van der Waals surface area contributed by atoms with E-state index < -0.39 is 5.97 Å². The Labute approximate surface area is 204 Å². The molecule has 1 aliphatic heterocycles. The van der Waals surface area contributed by atoms with E-state index in [1.165, 1.54) is 11.8 Å². The summed E-state index contributed by atoms with van der Waals surface area (Å²) in [5, 5.41) is 3.42. The van der Waals surface area contributed by atoms with Crippen molar-refractivity contribution in [3.05, 3.63) is 94.4 Å². The molecule has 4 aromatic rings. The fourth-order valence-electron chi connectivity index (χ4n) is 3.36. The van der Waals surface area contributed by atoms with Crippen molar-refractivity contribution in [3.63, 3.8) is 0 Å². The lowest BCUT2D eigenvalue weighted by molar-refractivity contribution is -0.115. The number of nitrogens with one attached hydrogen (secondary N) is 2. The van der Waals surface area contributed by atoms with Crippen LogP contribution in [0.4, 0.5) is 0 Å². The maximum atomic E-state index is 12.5. The predicted octanol–water partition coefficient (Wildman–Crippen LogP) is 5.19. The van der Waals surface area contributed by atoms with Gasteiger partial charge in [0.15, 0.2) is 0 Å². The molecular weight excluding hydrogens is 472 g/mol. The first-order valence-corrected chi connectivity index (χ1v) is 11.6. The summed E-state index contributed by atoms with van der Waals surface area (Å²) in [6.45, 7) is 0.417. The summed E-state index contributed by atoms with van der Waals surface area (Å²) in [4.78, 5) is 27.8. The Morgan fingerprint density at radius 3 is 2.71 bits per heavy atom. The molecule has 34 heavy (non-hydrogen) atoms. The van der Waals surface area contributed by atoms with E-state index in [0.29, 0.717) is 38.8 Å². The van der Waals surface area contributed by atoms with Crippen molar-refractivity contribution in [2.24, 2.45) is 0 Å². The van der Waals surface area contributed by atoms with Gasteiger partial charge in [-0.15, -0.1) is 0 Å². The van der Waals surface area contributed by atoms with Crippen molar-refractivity contribution < 1.29 is 23.5 Å². The molecule has 1 amide bonds. The number of furan rings is 1. The number of hydrogen-bond acceptors (Lipinski definition) is 7. The molecule has 1 saturated heterocycles. The maximum absolute atomic E-state index is 12.5. The number of thioether (sulfide) groups is 1. The van der Waals surface area contributed by atoms with Gasteiger partial charge in [0.05, 0.1) is 4.91 Å². The van der Waals surface area contributed by atoms with E-state index in [9.17, 15) is 9.59 Å². The highest BCUT2D eigenvalue weighted by atomic mass is 32.2. The van der Waals surface area contributed by atoms with Crippen LogP contribution in [-0.2, 0) is 22.7 Å². The summed E-state index contributed by atoms with van der Waals surface area (Å²) in [6.07, 6.45) is 1.60. The molecule has 1 aliphatic rings. The van der Waals surface area contributed by atoms with E-state index in [1.54, 1.807) is 24.3 Å². The number of carbonyl (C=O) groups excluding carboxylic acids is 2. The Hall–Kier alpha value is -3.82. The number of amides is 1. The normalized spacial score (nSPS) is 14.5. The second-order valence-electron chi connectivity index (χ2n) is 7.44. The van der Waals surface area contributed by atoms with Gasteiger partial charge in [0.2, 0.25) is 0 Å². The third-order valence-corrected chi connectivity index (χ3v) is 6.17. The predicted molar refractivity (Wildman–Crippen MR) is 133 cm³/mol. The first-order chi connectivity index (χ1) is 16.5. The average Bonchev–Trinajstić information content (AvgIpc) is 3.55. The van der Waals surface area contributed by atoms with Crippen LogP contribution < -0.4 is 10.1 Å². The van der Waals surface area contributed by atoms with Gasteiger partial charge in [-0.1, -0.05) is 54.3 Å². The van der Waals surface area contributed by atoms with Crippen LogP contribution in [0.5, 0.6) is 5.75 Å². The molecular formula is C25H18N2O5S2. The number of aromatic nitrogens is 1. The molecule has 0 atom stereocenters. The molecule has 7 nitrogen and oxygen atoms in total. The number of ether oxygens (including phenoxy) is 2. The van der Waals surface area contributed by atoms with E-state index >= 15 is 0 Å². The number of thiocarbonyl (C=S) groups is 1. The van der Waals surface area contributed by atoms with Crippen molar-refractivity contribution in [2.75, 3.05) is 0 Å². The average molecular weight is 491 g/mol. The van der Waals surface area contributed by atoms with Crippen LogP contribution in [0, 0.1) is 0 Å². The van der Waals surface area contributed by atoms with Gasteiger partial charge in [0.25, 0.3) is 5.91 Å². The van der Waals surface area contributed by atoms with E-state index in [2.05, 4.69) is 10.3 Å². The van der Waals surface area contributed by atoms with Crippen LogP contribution in [0.25, 0.3) is 17.0 Å². The number of benzene rings is 2. The number of esters is 1. The van der Waals surface area contributed by atoms with E-state index in [0.717, 1.165) is 16.5 Å². The van der Waals surface area contributed by atoms with Crippen LogP contribution in [-0.4, -0.2) is 21.2 Å². The van der Waals surface area contributed by atoms with Crippen molar-refractivity contribution in [3.8, 4) is 5.75 Å². The Morgan fingerprint density at radius 1 is 1.06 bits per heavy atom. The highest BCUT2D eigenvalue weighted by molar-refractivity contribution is 8.26. The summed E-state index contributed by atoms with van der Waals surface area (Å²) in [5.41, 5.74) is 2.18. The van der Waals surface area contributed by atoms with Gasteiger partial charge < -0.3 is 24.2 Å². The number of H-pyrrole nitrogens is 1. The first kappa shape index (κ1) is 22.0. The molecule has 0 saturated carbocycles. The second kappa shape index (κ2) is 9.58. The topological polar surface area (TPSA) is 93.6 Å². The lowest BCUT2D eigenvalue weighted by Gasteiger charge is -2.06. The summed E-state index contributed by atoms with van der Waals surface area (Å²) >= 11 is 6.14. The zero-order valence-corrected chi connectivity index (χ0v) is 19.3. The number of carbonyl (C=O) groups is 2. The van der Waals surface area contributed by atoms with Gasteiger partial charge in [-0.3, -0.25) is 4.79 Å². The largest absolute Gasteiger partial charge is 0.489 e. The number of rotatable bonds is 7. The van der Waals surface area contributed by atoms with Gasteiger partial charge in [-0.25, -0.2) is 4.79 Å². The van der Waals surface area contributed by atoms with E-state index in [4.69, 9.17) is 26.1 Å². The zero-order valence-electron chi connectivity index (χ0n) is 17.7. The molecule has 2 aromatic carbocycles. The van der Waals surface area contributed by atoms with Crippen LogP contribution in [0.15, 0.2) is 76.1 Å². The molecule has 3 heterocycles. The van der Waals surface area contributed by atoms with Crippen molar-refractivity contribution in [1.82, 2.24) is 10.3 Å². The second-order valence-corrected chi connectivity index (χ2v) is 9.16. The van der Waals surface area contributed by atoms with E-state index in [-0.39, 0.29) is 12.5 Å². The molecule has 0 spiro atoms. The molecule has 2 N–H and O–H groups in total. The molecule has 2 aromatic heterocycles. The smallest absolute Gasteiger partial charge is 0.355 e. The Balaban J connectivity index is 1.20. The fourth-order valence-corrected chi connectivity index (χ4v) is 4.39. The maximum Gasteiger partial charge on any atom is 0.355 e. The van der Waals surface area contributed by atoms with Crippen LogP contribution in [0.1, 0.15) is 27.6 Å². The van der Waals surface area contributed by atoms with Crippen LogP contribution >= 0.6 is 24.0 Å². The zero-order chi connectivity index (χ0) is 23.5. The highest BCUT2D eigenvalue weighted by Gasteiger charge is 2.22. The summed E-state index contributed by atoms with van der Waals surface area (Å²) in [5.74, 6) is 0.869. The van der Waals surface area contributed by atoms with Gasteiger partial charge >= 0.3 is 5.97 Å². The molecule has 9 heteroatoms. The lowest BCUT2D eigenvalue weighted by Crippen LogP contribution is -2.17. The number of aromatic amines is 1. The van der Waals surface area contributed by atoms with Gasteiger partial charge in [-0.2, -0.15) is 0 Å². The van der Waals surface area contributed by atoms with Gasteiger partial charge in [-0.05, 0) is 35.9 Å². The first-order valence-electron chi connectivity index (χ1n) is 10.3. The third-order valence-electron chi connectivity index (χ3n) is 5.01. The molecule has 0 unspecified atom stereocenters. The Kier molecular flexibility index (Phi) is 6.20. The minimum Gasteiger partial charge on any atom is -0.489 e. The summed E-state index contributed by atoms with van der Waals surface area (Å²) in [7, 11) is 0.